The van der Waals surface area contributed by atoms with Gasteiger partial charge in [0.05, 0.1) is 21.3 Å². The van der Waals surface area contributed by atoms with Crippen molar-refractivity contribution < 1.29 is 23.8 Å². The molecular weight excluding hydrogens is 510 g/mol. The standard InChI is InChI=1S/C27H37N3O5S2/c1-18-9-5-6-12-29(18)13-8-11-28-25(31)20-17-37-27(23-10-7-14-36-23)30(20)26(32)19-15-21(33-2)24(35-4)22(16-19)34-3/h7,10,14-16,18,20,27H,5-6,8-9,11-13,17H2,1-4H3,(H,28,31). The maximum absolute atomic E-state index is 14.0. The number of hydrogen-bond acceptors (Lipinski definition) is 8. The molecule has 2 aliphatic rings. The highest BCUT2D eigenvalue weighted by molar-refractivity contribution is 7.99. The van der Waals surface area contributed by atoms with Crippen LogP contribution in [0.5, 0.6) is 17.2 Å². The van der Waals surface area contributed by atoms with E-state index in [0.717, 1.165) is 24.4 Å². The molecule has 3 unspecified atom stereocenters. The third-order valence-electron chi connectivity index (χ3n) is 7.10. The summed E-state index contributed by atoms with van der Waals surface area (Å²) >= 11 is 3.20. The lowest BCUT2D eigenvalue weighted by Gasteiger charge is -2.33. The second-order valence-electron chi connectivity index (χ2n) is 9.37. The SMILES string of the molecule is COc1cc(C(=O)N2C(C(=O)NCCCN3CCCCC3C)CSC2c2cccs2)cc(OC)c1OC. The van der Waals surface area contributed by atoms with Crippen LogP contribution in [0.1, 0.15) is 53.2 Å². The van der Waals surface area contributed by atoms with Crippen molar-refractivity contribution in [3.05, 3.63) is 40.1 Å². The van der Waals surface area contributed by atoms with Crippen LogP contribution in [-0.4, -0.2) is 80.4 Å². The summed E-state index contributed by atoms with van der Waals surface area (Å²) in [6.45, 7) is 4.99. The van der Waals surface area contributed by atoms with Crippen LogP contribution in [0.2, 0.25) is 0 Å². The molecule has 0 bridgehead atoms. The van der Waals surface area contributed by atoms with E-state index >= 15 is 0 Å². The van der Waals surface area contributed by atoms with Crippen molar-refractivity contribution in [1.29, 1.82) is 0 Å². The summed E-state index contributed by atoms with van der Waals surface area (Å²) in [6, 6.07) is 7.31. The summed E-state index contributed by atoms with van der Waals surface area (Å²) in [5.74, 6) is 1.40. The lowest BCUT2D eigenvalue weighted by atomic mass is 10.0. The van der Waals surface area contributed by atoms with E-state index in [1.165, 1.54) is 40.6 Å². The summed E-state index contributed by atoms with van der Waals surface area (Å²) in [5.41, 5.74) is 0.385. The van der Waals surface area contributed by atoms with Gasteiger partial charge in [-0.3, -0.25) is 9.59 Å². The van der Waals surface area contributed by atoms with Crippen molar-refractivity contribution in [1.82, 2.24) is 15.1 Å². The maximum atomic E-state index is 14.0. The van der Waals surface area contributed by atoms with Gasteiger partial charge in [-0.1, -0.05) is 12.5 Å². The number of nitrogens with zero attached hydrogens (tertiary/aromatic N) is 2. The van der Waals surface area contributed by atoms with E-state index in [4.69, 9.17) is 14.2 Å². The lowest BCUT2D eigenvalue weighted by Crippen LogP contribution is -2.48. The first-order chi connectivity index (χ1) is 18.0. The molecule has 202 valence electrons. The minimum Gasteiger partial charge on any atom is -0.493 e. The molecule has 2 amide bonds. The average Bonchev–Trinajstić information content (AvgIpc) is 3.61. The number of thioether (sulfide) groups is 1. The van der Waals surface area contributed by atoms with Crippen LogP contribution in [0, 0.1) is 0 Å². The molecule has 8 nitrogen and oxygen atoms in total. The number of likely N-dealkylation sites (tertiary alicyclic amines) is 1. The van der Waals surface area contributed by atoms with E-state index in [-0.39, 0.29) is 17.2 Å². The Morgan fingerprint density at radius 1 is 1.11 bits per heavy atom. The van der Waals surface area contributed by atoms with Crippen molar-refractivity contribution in [2.45, 2.75) is 50.1 Å². The van der Waals surface area contributed by atoms with Gasteiger partial charge in [-0.2, -0.15) is 0 Å². The second-order valence-corrected chi connectivity index (χ2v) is 11.5. The van der Waals surface area contributed by atoms with E-state index in [2.05, 4.69) is 17.1 Å². The molecule has 10 heteroatoms. The largest absolute Gasteiger partial charge is 0.493 e. The predicted octanol–water partition coefficient (Wildman–Crippen LogP) is 4.41. The van der Waals surface area contributed by atoms with Crippen LogP contribution in [0.4, 0.5) is 0 Å². The molecule has 0 spiro atoms. The molecule has 37 heavy (non-hydrogen) atoms. The van der Waals surface area contributed by atoms with Gasteiger partial charge in [0, 0.05) is 35.3 Å². The zero-order chi connectivity index (χ0) is 26.4. The van der Waals surface area contributed by atoms with E-state index in [0.29, 0.717) is 41.2 Å². The normalized spacial score (nSPS) is 22.1. The Hall–Kier alpha value is -2.43. The van der Waals surface area contributed by atoms with Gasteiger partial charge >= 0.3 is 0 Å². The summed E-state index contributed by atoms with van der Waals surface area (Å²) < 4.78 is 16.4. The summed E-state index contributed by atoms with van der Waals surface area (Å²) in [4.78, 5) is 32.6. The average molecular weight is 548 g/mol. The molecule has 1 aromatic carbocycles. The Kier molecular flexibility index (Phi) is 9.61. The van der Waals surface area contributed by atoms with Gasteiger partial charge in [-0.05, 0) is 56.3 Å². The minimum absolute atomic E-state index is 0.112. The Morgan fingerprint density at radius 2 is 1.86 bits per heavy atom. The van der Waals surface area contributed by atoms with Gasteiger partial charge < -0.3 is 29.3 Å². The van der Waals surface area contributed by atoms with Gasteiger partial charge in [0.15, 0.2) is 11.5 Å². The van der Waals surface area contributed by atoms with E-state index in [1.807, 2.05) is 17.5 Å². The molecule has 3 heterocycles. The van der Waals surface area contributed by atoms with Crippen molar-refractivity contribution >= 4 is 34.9 Å². The number of rotatable bonds is 10. The van der Waals surface area contributed by atoms with E-state index in [9.17, 15) is 9.59 Å². The molecule has 1 aromatic heterocycles. The monoisotopic (exact) mass is 547 g/mol. The fourth-order valence-electron chi connectivity index (χ4n) is 5.06. The molecule has 2 aliphatic heterocycles. The smallest absolute Gasteiger partial charge is 0.256 e. The summed E-state index contributed by atoms with van der Waals surface area (Å²) in [6.07, 6.45) is 4.69. The zero-order valence-corrected chi connectivity index (χ0v) is 23.7. The number of methoxy groups -OCH3 is 3. The zero-order valence-electron chi connectivity index (χ0n) is 22.0. The highest BCUT2D eigenvalue weighted by Crippen LogP contribution is 2.45. The number of amides is 2. The Bertz CT molecular complexity index is 1040. The number of hydrogen-bond donors (Lipinski definition) is 1. The maximum Gasteiger partial charge on any atom is 0.256 e. The van der Waals surface area contributed by atoms with Crippen LogP contribution in [-0.2, 0) is 4.79 Å². The van der Waals surface area contributed by atoms with Gasteiger partial charge in [0.25, 0.3) is 5.91 Å². The minimum atomic E-state index is -0.572. The highest BCUT2D eigenvalue weighted by atomic mass is 32.2. The Balaban J connectivity index is 1.50. The van der Waals surface area contributed by atoms with Crippen LogP contribution in [0.3, 0.4) is 0 Å². The fourth-order valence-corrected chi connectivity index (χ4v) is 7.46. The third-order valence-corrected chi connectivity index (χ3v) is 9.48. The molecule has 2 saturated heterocycles. The lowest BCUT2D eigenvalue weighted by molar-refractivity contribution is -0.124. The first kappa shape index (κ1) is 27.6. The van der Waals surface area contributed by atoms with Crippen LogP contribution < -0.4 is 19.5 Å². The molecule has 3 atom stereocenters. The molecule has 2 fully saturated rings. The number of benzene rings is 1. The van der Waals surface area contributed by atoms with Crippen molar-refractivity contribution in [3.8, 4) is 17.2 Å². The van der Waals surface area contributed by atoms with Gasteiger partial charge in [0.1, 0.15) is 11.4 Å². The van der Waals surface area contributed by atoms with Crippen LogP contribution >= 0.6 is 23.1 Å². The first-order valence-corrected chi connectivity index (χ1v) is 14.7. The molecular formula is C27H37N3O5S2. The molecule has 0 saturated carbocycles. The number of ether oxygens (including phenoxy) is 3. The molecule has 1 N–H and O–H groups in total. The number of piperidine rings is 1. The summed E-state index contributed by atoms with van der Waals surface area (Å²) in [5, 5.41) is 4.86. The third kappa shape index (κ3) is 6.18. The van der Waals surface area contributed by atoms with Gasteiger partial charge in [-0.15, -0.1) is 23.1 Å². The summed E-state index contributed by atoms with van der Waals surface area (Å²) in [7, 11) is 4.57. The van der Waals surface area contributed by atoms with Crippen molar-refractivity contribution in [3.63, 3.8) is 0 Å². The van der Waals surface area contributed by atoms with Crippen LogP contribution in [0.15, 0.2) is 29.6 Å². The fraction of sp³-hybridized carbons (Fsp3) is 0.556. The number of thiophene rings is 1. The Labute approximate surface area is 227 Å². The van der Waals surface area contributed by atoms with E-state index in [1.54, 1.807) is 40.1 Å². The topological polar surface area (TPSA) is 80.3 Å². The van der Waals surface area contributed by atoms with Crippen molar-refractivity contribution in [2.75, 3.05) is 46.7 Å². The highest BCUT2D eigenvalue weighted by Gasteiger charge is 2.43. The van der Waals surface area contributed by atoms with Crippen molar-refractivity contribution in [2.24, 2.45) is 0 Å². The van der Waals surface area contributed by atoms with Gasteiger partial charge in [-0.25, -0.2) is 0 Å². The molecule has 2 aromatic rings. The molecule has 4 rings (SSSR count). The number of nitrogens with one attached hydrogen (secondary N) is 1. The molecule has 0 aliphatic carbocycles. The number of carbonyl (C=O) groups excluding carboxylic acids is 2. The van der Waals surface area contributed by atoms with Gasteiger partial charge in [0.2, 0.25) is 11.7 Å². The number of carbonyl (C=O) groups is 2. The van der Waals surface area contributed by atoms with Crippen LogP contribution in [0.25, 0.3) is 0 Å². The van der Waals surface area contributed by atoms with E-state index < -0.39 is 6.04 Å². The molecule has 0 radical (unpaired) electrons. The second kappa shape index (κ2) is 12.9. The first-order valence-electron chi connectivity index (χ1n) is 12.8. The quantitative estimate of drug-likeness (QED) is 0.442. The predicted molar refractivity (Wildman–Crippen MR) is 148 cm³/mol. The Morgan fingerprint density at radius 3 is 2.49 bits per heavy atom.